The lowest BCUT2D eigenvalue weighted by molar-refractivity contribution is 0.0929. The number of aromatic nitrogens is 3. The van der Waals surface area contributed by atoms with Gasteiger partial charge < -0.3 is 10.1 Å². The molecule has 1 saturated carbocycles. The molecule has 0 bridgehead atoms. The van der Waals surface area contributed by atoms with Gasteiger partial charge in [-0.15, -0.1) is 5.10 Å². The number of carbonyl (C=O) groups excluding carboxylic acids is 1. The van der Waals surface area contributed by atoms with Gasteiger partial charge in [0.25, 0.3) is 5.91 Å². The quantitative estimate of drug-likeness (QED) is 0.879. The predicted octanol–water partition coefficient (Wildman–Crippen LogP) is 2.19. The lowest BCUT2D eigenvalue weighted by Gasteiger charge is -2.14. The van der Waals surface area contributed by atoms with Crippen molar-refractivity contribution in [2.75, 3.05) is 7.11 Å². The molecule has 0 atom stereocenters. The Morgan fingerprint density at radius 2 is 2.05 bits per heavy atom. The lowest BCUT2D eigenvalue weighted by Crippen LogP contribution is -2.34. The highest BCUT2D eigenvalue weighted by Gasteiger charge is 2.18. The van der Waals surface area contributed by atoms with Crippen LogP contribution in [-0.4, -0.2) is 33.7 Å². The SMILES string of the molecule is COc1ccc2nc(C(=O)NC3CCCCCC3)cn2n1. The molecule has 1 N–H and O–H groups in total. The standard InChI is InChI=1S/C15H20N4O2/c1-21-14-9-8-13-17-12(10-19(13)18-14)15(20)16-11-6-4-2-3-5-7-11/h8-11H,2-7H2,1H3,(H,16,20). The third-order valence-corrected chi connectivity index (χ3v) is 3.93. The van der Waals surface area contributed by atoms with E-state index in [4.69, 9.17) is 4.74 Å². The molecule has 2 aromatic heterocycles. The zero-order chi connectivity index (χ0) is 14.7. The average molecular weight is 288 g/mol. The molecule has 6 heteroatoms. The van der Waals surface area contributed by atoms with Crippen molar-refractivity contribution in [2.24, 2.45) is 0 Å². The molecule has 0 spiro atoms. The Bertz CT molecular complexity index is 630. The average Bonchev–Trinajstić information content (AvgIpc) is 2.76. The summed E-state index contributed by atoms with van der Waals surface area (Å²) in [7, 11) is 1.56. The van der Waals surface area contributed by atoms with E-state index >= 15 is 0 Å². The summed E-state index contributed by atoms with van der Waals surface area (Å²) in [6, 6.07) is 3.79. The van der Waals surface area contributed by atoms with Gasteiger partial charge in [-0.25, -0.2) is 9.50 Å². The van der Waals surface area contributed by atoms with E-state index in [-0.39, 0.29) is 11.9 Å². The molecule has 3 rings (SSSR count). The molecule has 112 valence electrons. The monoisotopic (exact) mass is 288 g/mol. The predicted molar refractivity (Wildman–Crippen MR) is 78.5 cm³/mol. The third-order valence-electron chi connectivity index (χ3n) is 3.93. The molecule has 2 heterocycles. The first-order valence-electron chi connectivity index (χ1n) is 7.47. The first-order chi connectivity index (χ1) is 10.3. The summed E-state index contributed by atoms with van der Waals surface area (Å²) in [4.78, 5) is 16.6. The minimum Gasteiger partial charge on any atom is -0.480 e. The van der Waals surface area contributed by atoms with Crippen molar-refractivity contribution in [1.82, 2.24) is 19.9 Å². The highest BCUT2D eigenvalue weighted by molar-refractivity contribution is 5.93. The maximum Gasteiger partial charge on any atom is 0.271 e. The molecule has 0 radical (unpaired) electrons. The molecule has 0 aliphatic heterocycles. The van der Waals surface area contributed by atoms with E-state index in [2.05, 4.69) is 15.4 Å². The number of amides is 1. The molecular formula is C15H20N4O2. The van der Waals surface area contributed by atoms with Crippen LogP contribution in [0.25, 0.3) is 5.65 Å². The molecule has 1 fully saturated rings. The highest BCUT2D eigenvalue weighted by atomic mass is 16.5. The van der Waals surface area contributed by atoms with E-state index in [1.807, 2.05) is 0 Å². The molecule has 21 heavy (non-hydrogen) atoms. The van der Waals surface area contributed by atoms with E-state index < -0.39 is 0 Å². The minimum absolute atomic E-state index is 0.119. The van der Waals surface area contributed by atoms with Crippen molar-refractivity contribution in [3.63, 3.8) is 0 Å². The van der Waals surface area contributed by atoms with Gasteiger partial charge in [-0.05, 0) is 18.9 Å². The molecule has 1 aliphatic rings. The molecule has 0 aromatic carbocycles. The number of rotatable bonds is 3. The van der Waals surface area contributed by atoms with Crippen LogP contribution in [0.5, 0.6) is 5.88 Å². The van der Waals surface area contributed by atoms with Crippen LogP contribution in [0, 0.1) is 0 Å². The number of carbonyl (C=O) groups is 1. The molecule has 1 aliphatic carbocycles. The first kappa shape index (κ1) is 13.9. The van der Waals surface area contributed by atoms with Crippen LogP contribution in [0.3, 0.4) is 0 Å². The number of hydrogen-bond donors (Lipinski definition) is 1. The second kappa shape index (κ2) is 6.11. The zero-order valence-electron chi connectivity index (χ0n) is 12.2. The van der Waals surface area contributed by atoms with Gasteiger partial charge in [0, 0.05) is 12.1 Å². The Labute approximate surface area is 123 Å². The number of methoxy groups -OCH3 is 1. The van der Waals surface area contributed by atoms with Gasteiger partial charge in [0.1, 0.15) is 5.69 Å². The van der Waals surface area contributed by atoms with Crippen LogP contribution in [0.4, 0.5) is 0 Å². The van der Waals surface area contributed by atoms with Crippen LogP contribution in [0.2, 0.25) is 0 Å². The fourth-order valence-corrected chi connectivity index (χ4v) is 2.77. The smallest absolute Gasteiger partial charge is 0.271 e. The number of fused-ring (bicyclic) bond motifs is 1. The van der Waals surface area contributed by atoms with Crippen LogP contribution in [0.15, 0.2) is 18.3 Å². The molecule has 0 unspecified atom stereocenters. The number of nitrogens with one attached hydrogen (secondary N) is 1. The minimum atomic E-state index is -0.119. The van der Waals surface area contributed by atoms with Crippen molar-refractivity contribution in [3.05, 3.63) is 24.0 Å². The van der Waals surface area contributed by atoms with Crippen molar-refractivity contribution in [1.29, 1.82) is 0 Å². The van der Waals surface area contributed by atoms with E-state index in [0.717, 1.165) is 12.8 Å². The molecule has 6 nitrogen and oxygen atoms in total. The van der Waals surface area contributed by atoms with Crippen LogP contribution < -0.4 is 10.1 Å². The van der Waals surface area contributed by atoms with Gasteiger partial charge in [0.2, 0.25) is 5.88 Å². The first-order valence-corrected chi connectivity index (χ1v) is 7.47. The normalized spacial score (nSPS) is 16.6. The summed E-state index contributed by atoms with van der Waals surface area (Å²) >= 11 is 0. The molecular weight excluding hydrogens is 268 g/mol. The Hall–Kier alpha value is -2.11. The Morgan fingerprint density at radius 3 is 2.76 bits per heavy atom. The highest BCUT2D eigenvalue weighted by Crippen LogP contribution is 2.17. The van der Waals surface area contributed by atoms with E-state index in [9.17, 15) is 4.79 Å². The maximum absolute atomic E-state index is 12.3. The number of nitrogens with zero attached hydrogens (tertiary/aromatic N) is 3. The summed E-state index contributed by atoms with van der Waals surface area (Å²) in [6.07, 6.45) is 8.68. The zero-order valence-corrected chi connectivity index (χ0v) is 12.2. The second-order valence-electron chi connectivity index (χ2n) is 5.47. The second-order valence-corrected chi connectivity index (χ2v) is 5.47. The largest absolute Gasteiger partial charge is 0.480 e. The Balaban J connectivity index is 1.74. The van der Waals surface area contributed by atoms with Crippen molar-refractivity contribution in [3.8, 4) is 5.88 Å². The van der Waals surface area contributed by atoms with Gasteiger partial charge in [-0.3, -0.25) is 4.79 Å². The summed E-state index contributed by atoms with van der Waals surface area (Å²) in [5.74, 6) is 0.377. The van der Waals surface area contributed by atoms with Gasteiger partial charge in [-0.1, -0.05) is 25.7 Å². The van der Waals surface area contributed by atoms with Crippen molar-refractivity contribution < 1.29 is 9.53 Å². The van der Waals surface area contributed by atoms with Crippen molar-refractivity contribution >= 4 is 11.6 Å². The topological polar surface area (TPSA) is 68.5 Å². The third kappa shape index (κ3) is 3.15. The summed E-state index contributed by atoms with van der Waals surface area (Å²) < 4.78 is 6.64. The number of imidazole rings is 1. The fraction of sp³-hybridized carbons (Fsp3) is 0.533. The molecule has 0 saturated heterocycles. The van der Waals surface area contributed by atoms with E-state index in [1.54, 1.807) is 30.0 Å². The van der Waals surface area contributed by atoms with Crippen LogP contribution >= 0.6 is 0 Å². The summed E-state index contributed by atoms with van der Waals surface area (Å²) in [5, 5.41) is 7.30. The molecule has 1 amide bonds. The van der Waals surface area contributed by atoms with Gasteiger partial charge in [0.05, 0.1) is 13.3 Å². The van der Waals surface area contributed by atoms with Crippen LogP contribution in [-0.2, 0) is 0 Å². The van der Waals surface area contributed by atoms with Gasteiger partial charge in [0.15, 0.2) is 5.65 Å². The summed E-state index contributed by atoms with van der Waals surface area (Å²) in [5.41, 5.74) is 1.04. The van der Waals surface area contributed by atoms with Gasteiger partial charge in [-0.2, -0.15) is 0 Å². The van der Waals surface area contributed by atoms with Crippen molar-refractivity contribution in [2.45, 2.75) is 44.6 Å². The Kier molecular flexibility index (Phi) is 4.03. The fourth-order valence-electron chi connectivity index (χ4n) is 2.77. The van der Waals surface area contributed by atoms with Crippen LogP contribution in [0.1, 0.15) is 49.0 Å². The number of hydrogen-bond acceptors (Lipinski definition) is 4. The van der Waals surface area contributed by atoms with E-state index in [1.165, 1.54) is 25.7 Å². The molecule has 2 aromatic rings. The number of ether oxygens (including phenoxy) is 1. The lowest BCUT2D eigenvalue weighted by atomic mass is 10.1. The Morgan fingerprint density at radius 1 is 1.29 bits per heavy atom. The summed E-state index contributed by atoms with van der Waals surface area (Å²) in [6.45, 7) is 0. The maximum atomic E-state index is 12.3. The van der Waals surface area contributed by atoms with Gasteiger partial charge >= 0.3 is 0 Å². The van der Waals surface area contributed by atoms with E-state index in [0.29, 0.717) is 17.2 Å².